The monoisotopic (exact) mass is 425 g/mol. The summed E-state index contributed by atoms with van der Waals surface area (Å²) in [7, 11) is 4.35. The number of amides is 2. The van der Waals surface area contributed by atoms with E-state index in [-0.39, 0.29) is 24.8 Å². The zero-order valence-electron chi connectivity index (χ0n) is 18.4. The average molecular weight is 425 g/mol. The largest absolute Gasteiger partial charge is 0.495 e. The number of ether oxygens (including phenoxy) is 2. The molecule has 2 amide bonds. The summed E-state index contributed by atoms with van der Waals surface area (Å²) in [5.74, 6) is -1.17. The number of pyridine rings is 1. The van der Waals surface area contributed by atoms with E-state index in [2.05, 4.69) is 4.98 Å². The van der Waals surface area contributed by atoms with E-state index in [4.69, 9.17) is 9.47 Å². The Labute approximate surface area is 181 Å². The van der Waals surface area contributed by atoms with Crippen molar-refractivity contribution in [3.05, 3.63) is 53.9 Å². The fourth-order valence-electron chi connectivity index (χ4n) is 3.87. The molecule has 1 fully saturated rings. The molecule has 1 aromatic heterocycles. The number of hydrogen-bond acceptors (Lipinski definition) is 6. The van der Waals surface area contributed by atoms with E-state index in [0.29, 0.717) is 17.1 Å². The van der Waals surface area contributed by atoms with Gasteiger partial charge in [0.15, 0.2) is 5.54 Å². The number of carbonyl (C=O) groups is 3. The highest BCUT2D eigenvalue weighted by molar-refractivity contribution is 6.02. The maximum absolute atomic E-state index is 13.4. The molecule has 0 saturated carbocycles. The van der Waals surface area contributed by atoms with Crippen LogP contribution < -0.4 is 9.64 Å². The Bertz CT molecular complexity index is 994. The molecule has 2 aromatic rings. The molecule has 2 atom stereocenters. The van der Waals surface area contributed by atoms with E-state index in [9.17, 15) is 14.4 Å². The Morgan fingerprint density at radius 2 is 1.97 bits per heavy atom. The first-order valence-corrected chi connectivity index (χ1v) is 9.96. The van der Waals surface area contributed by atoms with Gasteiger partial charge in [0, 0.05) is 26.2 Å². The molecule has 0 radical (unpaired) electrons. The maximum atomic E-state index is 13.4. The van der Waals surface area contributed by atoms with E-state index >= 15 is 0 Å². The van der Waals surface area contributed by atoms with Crippen LogP contribution in [-0.4, -0.2) is 55.5 Å². The van der Waals surface area contributed by atoms with Gasteiger partial charge in [0.05, 0.1) is 31.5 Å². The number of esters is 1. The summed E-state index contributed by atoms with van der Waals surface area (Å²) in [4.78, 5) is 46.1. The lowest BCUT2D eigenvalue weighted by Crippen LogP contribution is -2.53. The van der Waals surface area contributed by atoms with Crippen LogP contribution in [0.3, 0.4) is 0 Å². The second-order valence-electron chi connectivity index (χ2n) is 7.76. The van der Waals surface area contributed by atoms with Crippen LogP contribution in [0.5, 0.6) is 5.75 Å². The molecule has 0 N–H and O–H groups in total. The molecule has 3 rings (SSSR count). The van der Waals surface area contributed by atoms with Crippen molar-refractivity contribution in [3.8, 4) is 5.75 Å². The maximum Gasteiger partial charge on any atom is 0.337 e. The zero-order chi connectivity index (χ0) is 22.8. The summed E-state index contributed by atoms with van der Waals surface area (Å²) in [6.45, 7) is 3.72. The third-order valence-electron chi connectivity index (χ3n) is 5.85. The molecule has 8 heteroatoms. The van der Waals surface area contributed by atoms with Gasteiger partial charge in [-0.1, -0.05) is 12.1 Å². The van der Waals surface area contributed by atoms with Crippen LogP contribution in [-0.2, 0) is 24.7 Å². The van der Waals surface area contributed by atoms with Crippen LogP contribution >= 0.6 is 0 Å². The second kappa shape index (κ2) is 8.75. The highest BCUT2D eigenvalue weighted by Crippen LogP contribution is 2.36. The summed E-state index contributed by atoms with van der Waals surface area (Å²) in [5.41, 5.74) is 0.568. The Morgan fingerprint density at radius 3 is 2.58 bits per heavy atom. The first-order chi connectivity index (χ1) is 14.7. The first-order valence-electron chi connectivity index (χ1n) is 9.96. The van der Waals surface area contributed by atoms with E-state index in [1.807, 2.05) is 19.1 Å². The third-order valence-corrected chi connectivity index (χ3v) is 5.85. The minimum atomic E-state index is -1.43. The topological polar surface area (TPSA) is 89.0 Å². The van der Waals surface area contributed by atoms with Gasteiger partial charge in [-0.2, -0.15) is 0 Å². The molecular formula is C23H27N3O5. The van der Waals surface area contributed by atoms with Crippen molar-refractivity contribution in [2.24, 2.45) is 5.92 Å². The first kappa shape index (κ1) is 22.3. The molecule has 31 heavy (non-hydrogen) atoms. The molecule has 0 spiro atoms. The molecule has 1 aliphatic rings. The van der Waals surface area contributed by atoms with E-state index in [0.717, 1.165) is 5.56 Å². The van der Waals surface area contributed by atoms with E-state index in [1.54, 1.807) is 49.4 Å². The third kappa shape index (κ3) is 3.97. The number of likely N-dealkylation sites (N-methyl/N-ethyl adjacent to an activating group) is 1. The normalized spacial score (nSPS) is 17.8. The van der Waals surface area contributed by atoms with Crippen LogP contribution in [0.15, 0.2) is 42.6 Å². The SMILES string of the molecule is COC(=O)C(C)(c1ccccn1)N(C)C(=O)C1CC(=O)N(c2cc(C)ccc2OC)C1. The van der Waals surface area contributed by atoms with Gasteiger partial charge in [0.25, 0.3) is 0 Å². The zero-order valence-corrected chi connectivity index (χ0v) is 18.4. The second-order valence-corrected chi connectivity index (χ2v) is 7.76. The van der Waals surface area contributed by atoms with Gasteiger partial charge in [-0.15, -0.1) is 0 Å². The molecule has 8 nitrogen and oxygen atoms in total. The van der Waals surface area contributed by atoms with Crippen molar-refractivity contribution in [1.29, 1.82) is 0 Å². The lowest BCUT2D eigenvalue weighted by Gasteiger charge is -2.37. The summed E-state index contributed by atoms with van der Waals surface area (Å²) in [6, 6.07) is 10.7. The number of anilines is 1. The molecule has 2 unspecified atom stereocenters. The minimum absolute atomic E-state index is 0.0414. The Kier molecular flexibility index (Phi) is 6.29. The van der Waals surface area contributed by atoms with Gasteiger partial charge in [-0.3, -0.25) is 14.6 Å². The van der Waals surface area contributed by atoms with Crippen LogP contribution in [0.25, 0.3) is 0 Å². The standard InChI is InChI=1S/C23H27N3O5/c1-15-9-10-18(30-4)17(12-15)26-14-16(13-20(26)27)21(28)25(3)23(2,22(29)31-5)19-8-6-7-11-24-19/h6-12,16H,13-14H2,1-5H3. The highest BCUT2D eigenvalue weighted by atomic mass is 16.5. The number of benzene rings is 1. The number of aryl methyl sites for hydroxylation is 1. The Balaban J connectivity index is 1.90. The smallest absolute Gasteiger partial charge is 0.337 e. The fourth-order valence-corrected chi connectivity index (χ4v) is 3.87. The van der Waals surface area contributed by atoms with Crippen LogP contribution in [0.2, 0.25) is 0 Å². The predicted octanol–water partition coefficient (Wildman–Crippen LogP) is 2.30. The average Bonchev–Trinajstić information content (AvgIpc) is 3.18. The van der Waals surface area contributed by atoms with Crippen LogP contribution in [0.4, 0.5) is 5.69 Å². The van der Waals surface area contributed by atoms with Gasteiger partial charge < -0.3 is 19.3 Å². The summed E-state index contributed by atoms with van der Waals surface area (Å²) >= 11 is 0. The van der Waals surface area contributed by atoms with Crippen molar-refractivity contribution in [2.75, 3.05) is 32.7 Å². The van der Waals surface area contributed by atoms with Crippen LogP contribution in [0.1, 0.15) is 24.6 Å². The minimum Gasteiger partial charge on any atom is -0.495 e. The van der Waals surface area contributed by atoms with Gasteiger partial charge in [0.2, 0.25) is 11.8 Å². The lowest BCUT2D eigenvalue weighted by molar-refractivity contribution is -0.162. The molecular weight excluding hydrogens is 398 g/mol. The van der Waals surface area contributed by atoms with Gasteiger partial charge in [-0.05, 0) is 43.7 Å². The van der Waals surface area contributed by atoms with Gasteiger partial charge in [-0.25, -0.2) is 4.79 Å². The van der Waals surface area contributed by atoms with Crippen molar-refractivity contribution >= 4 is 23.5 Å². The molecule has 2 heterocycles. The number of rotatable bonds is 6. The molecule has 1 aliphatic heterocycles. The Morgan fingerprint density at radius 1 is 1.23 bits per heavy atom. The lowest BCUT2D eigenvalue weighted by atomic mass is 9.93. The van der Waals surface area contributed by atoms with Gasteiger partial charge >= 0.3 is 5.97 Å². The number of hydrogen-bond donors (Lipinski definition) is 0. The summed E-state index contributed by atoms with van der Waals surface area (Å²) in [5, 5.41) is 0. The quantitative estimate of drug-likeness (QED) is 0.660. The van der Waals surface area contributed by atoms with E-state index < -0.39 is 17.4 Å². The molecule has 1 saturated heterocycles. The van der Waals surface area contributed by atoms with E-state index in [1.165, 1.54) is 19.1 Å². The summed E-state index contributed by atoms with van der Waals surface area (Å²) < 4.78 is 10.4. The number of methoxy groups -OCH3 is 2. The molecule has 1 aromatic carbocycles. The molecule has 164 valence electrons. The fraction of sp³-hybridized carbons (Fsp3) is 0.391. The van der Waals surface area contributed by atoms with Crippen molar-refractivity contribution in [2.45, 2.75) is 25.8 Å². The number of aromatic nitrogens is 1. The van der Waals surface area contributed by atoms with Crippen molar-refractivity contribution in [3.63, 3.8) is 0 Å². The summed E-state index contributed by atoms with van der Waals surface area (Å²) in [6.07, 6.45) is 1.60. The Hall–Kier alpha value is -3.42. The number of nitrogens with zero attached hydrogens (tertiary/aromatic N) is 3. The molecule has 0 bridgehead atoms. The van der Waals surface area contributed by atoms with Gasteiger partial charge in [0.1, 0.15) is 5.75 Å². The van der Waals surface area contributed by atoms with Crippen LogP contribution in [0, 0.1) is 12.8 Å². The number of carbonyl (C=O) groups excluding carboxylic acids is 3. The van der Waals surface area contributed by atoms with Crippen molar-refractivity contribution < 1.29 is 23.9 Å². The highest BCUT2D eigenvalue weighted by Gasteiger charge is 2.48. The van der Waals surface area contributed by atoms with Crippen molar-refractivity contribution in [1.82, 2.24) is 9.88 Å². The molecule has 0 aliphatic carbocycles. The predicted molar refractivity (Wildman–Crippen MR) is 115 cm³/mol.